The molecule has 1 atom stereocenters. The van der Waals surface area contributed by atoms with E-state index in [2.05, 4.69) is 10.1 Å². The standard InChI is InChI=1S/C28H27F2N3O3/c1-5-28(29,30)21-8-6-7-19(14-21)15-24(34)26-18(3)32-33(27(26)35)22-9-10-25(36-4)23(16-22)20-11-12-31-17(2)13-20/h6-14,16,26H,5,15H2,1-4H3. The molecule has 2 heterocycles. The lowest BCUT2D eigenvalue weighted by molar-refractivity contribution is -0.128. The number of anilines is 1. The van der Waals surface area contributed by atoms with Crippen LogP contribution in [-0.4, -0.2) is 29.5 Å². The van der Waals surface area contributed by atoms with Gasteiger partial charge in [0.2, 0.25) is 0 Å². The molecule has 2 aromatic carbocycles. The molecule has 0 fully saturated rings. The van der Waals surface area contributed by atoms with Crippen molar-refractivity contribution in [2.45, 2.75) is 39.5 Å². The normalized spacial score (nSPS) is 15.7. The third-order valence-electron chi connectivity index (χ3n) is 6.26. The molecule has 3 aromatic rings. The van der Waals surface area contributed by atoms with Crippen LogP contribution in [-0.2, 0) is 21.9 Å². The van der Waals surface area contributed by atoms with Crippen molar-refractivity contribution < 1.29 is 23.1 Å². The number of methoxy groups -OCH3 is 1. The van der Waals surface area contributed by atoms with E-state index in [0.717, 1.165) is 16.8 Å². The minimum atomic E-state index is -2.98. The van der Waals surface area contributed by atoms with Crippen molar-refractivity contribution in [2.24, 2.45) is 11.0 Å². The van der Waals surface area contributed by atoms with Gasteiger partial charge in [-0.15, -0.1) is 0 Å². The molecule has 4 rings (SSSR count). The Morgan fingerprint density at radius 1 is 1.11 bits per heavy atom. The highest BCUT2D eigenvalue weighted by Gasteiger charge is 2.39. The van der Waals surface area contributed by atoms with Gasteiger partial charge in [0.15, 0.2) is 5.78 Å². The lowest BCUT2D eigenvalue weighted by Gasteiger charge is -2.17. The van der Waals surface area contributed by atoms with Gasteiger partial charge in [-0.25, -0.2) is 8.78 Å². The topological polar surface area (TPSA) is 71.9 Å². The first-order valence-electron chi connectivity index (χ1n) is 11.6. The smallest absolute Gasteiger partial charge is 0.273 e. The predicted molar refractivity (Wildman–Crippen MR) is 134 cm³/mol. The van der Waals surface area contributed by atoms with Crippen LogP contribution in [0.1, 0.15) is 37.1 Å². The molecule has 0 spiro atoms. The first-order chi connectivity index (χ1) is 17.1. The van der Waals surface area contributed by atoms with Gasteiger partial charge in [0.05, 0.1) is 18.5 Å². The molecule has 1 aliphatic heterocycles. The monoisotopic (exact) mass is 491 g/mol. The molecular weight excluding hydrogens is 464 g/mol. The van der Waals surface area contributed by atoms with Gasteiger partial charge in [0.1, 0.15) is 11.7 Å². The average Bonchev–Trinajstić information content (AvgIpc) is 3.17. The molecule has 1 aromatic heterocycles. The minimum absolute atomic E-state index is 0.142. The number of ether oxygens (including phenoxy) is 1. The number of rotatable bonds is 8. The fourth-order valence-corrected chi connectivity index (χ4v) is 4.30. The highest BCUT2D eigenvalue weighted by molar-refractivity contribution is 6.27. The number of aryl methyl sites for hydroxylation is 1. The molecule has 0 saturated heterocycles. The van der Waals surface area contributed by atoms with Crippen LogP contribution in [0, 0.1) is 12.8 Å². The number of aromatic nitrogens is 1. The second-order valence-electron chi connectivity index (χ2n) is 8.80. The maximum atomic E-state index is 14.1. The van der Waals surface area contributed by atoms with E-state index in [0.29, 0.717) is 22.7 Å². The van der Waals surface area contributed by atoms with Gasteiger partial charge in [0.25, 0.3) is 11.8 Å². The summed E-state index contributed by atoms with van der Waals surface area (Å²) in [6.45, 7) is 4.91. The number of alkyl halides is 2. The fraction of sp³-hybridized carbons (Fsp3) is 0.286. The van der Waals surface area contributed by atoms with Crippen molar-refractivity contribution in [1.29, 1.82) is 0 Å². The Kier molecular flexibility index (Phi) is 6.97. The van der Waals surface area contributed by atoms with Gasteiger partial charge in [-0.3, -0.25) is 14.6 Å². The van der Waals surface area contributed by atoms with Crippen LogP contribution < -0.4 is 9.75 Å². The number of hydrogen-bond donors (Lipinski definition) is 0. The lowest BCUT2D eigenvalue weighted by Crippen LogP contribution is -2.33. The number of halogens is 2. The number of carbonyl (C=O) groups excluding carboxylic acids is 2. The van der Waals surface area contributed by atoms with Crippen molar-refractivity contribution >= 4 is 23.1 Å². The third-order valence-corrected chi connectivity index (χ3v) is 6.26. The summed E-state index contributed by atoms with van der Waals surface area (Å²) < 4.78 is 33.7. The SMILES string of the molecule is CCC(F)(F)c1cccc(CC(=O)C2C(=O)N(c3ccc(OC)c(-c4ccnc(C)c4)c3)N=C2C)c1. The summed E-state index contributed by atoms with van der Waals surface area (Å²) in [5, 5.41) is 5.59. The summed E-state index contributed by atoms with van der Waals surface area (Å²) in [6, 6.07) is 14.8. The molecule has 36 heavy (non-hydrogen) atoms. The minimum Gasteiger partial charge on any atom is -0.496 e. The zero-order valence-electron chi connectivity index (χ0n) is 20.6. The Morgan fingerprint density at radius 2 is 1.89 bits per heavy atom. The highest BCUT2D eigenvalue weighted by Crippen LogP contribution is 2.36. The summed E-state index contributed by atoms with van der Waals surface area (Å²) in [5.74, 6) is -4.30. The number of ketones is 1. The first-order valence-corrected chi connectivity index (χ1v) is 11.6. The number of hydrazone groups is 1. The predicted octanol–water partition coefficient (Wildman–Crippen LogP) is 5.72. The maximum Gasteiger partial charge on any atom is 0.273 e. The summed E-state index contributed by atoms with van der Waals surface area (Å²) in [6.07, 6.45) is 1.21. The van der Waals surface area contributed by atoms with Crippen molar-refractivity contribution in [3.05, 3.63) is 77.6 Å². The first kappa shape index (κ1) is 25.2. The van der Waals surface area contributed by atoms with Crippen molar-refractivity contribution in [2.75, 3.05) is 12.1 Å². The molecule has 1 unspecified atom stereocenters. The maximum absolute atomic E-state index is 14.1. The summed E-state index contributed by atoms with van der Waals surface area (Å²) in [7, 11) is 1.57. The second-order valence-corrected chi connectivity index (χ2v) is 8.80. The molecule has 0 radical (unpaired) electrons. The molecule has 186 valence electrons. The molecule has 1 aliphatic rings. The molecule has 0 bridgehead atoms. The van der Waals surface area contributed by atoms with E-state index in [1.807, 2.05) is 19.1 Å². The molecule has 0 N–H and O–H groups in total. The number of amides is 1. The zero-order valence-corrected chi connectivity index (χ0v) is 20.6. The second kappa shape index (κ2) is 9.97. The van der Waals surface area contributed by atoms with Crippen LogP contribution in [0.25, 0.3) is 11.1 Å². The largest absolute Gasteiger partial charge is 0.496 e. The van der Waals surface area contributed by atoms with Gasteiger partial charge in [-0.05, 0) is 61.4 Å². The number of hydrogen-bond acceptors (Lipinski definition) is 5. The quantitative estimate of drug-likeness (QED) is 0.378. The van der Waals surface area contributed by atoms with Crippen molar-refractivity contribution in [3.63, 3.8) is 0 Å². The van der Waals surface area contributed by atoms with Crippen LogP contribution in [0.4, 0.5) is 14.5 Å². The fourth-order valence-electron chi connectivity index (χ4n) is 4.30. The van der Waals surface area contributed by atoms with Gasteiger partial charge in [0, 0.05) is 35.9 Å². The van der Waals surface area contributed by atoms with Crippen molar-refractivity contribution in [1.82, 2.24) is 4.98 Å². The molecule has 1 amide bonds. The average molecular weight is 492 g/mol. The third kappa shape index (κ3) is 4.89. The summed E-state index contributed by atoms with van der Waals surface area (Å²) in [5.41, 5.74) is 3.59. The zero-order chi connectivity index (χ0) is 26.0. The lowest BCUT2D eigenvalue weighted by atomic mass is 9.92. The Labute approximate surface area is 208 Å². The van der Waals surface area contributed by atoms with E-state index in [-0.39, 0.29) is 24.2 Å². The van der Waals surface area contributed by atoms with E-state index in [1.54, 1.807) is 44.5 Å². The molecule has 0 saturated carbocycles. The van der Waals surface area contributed by atoms with Gasteiger partial charge < -0.3 is 4.74 Å². The number of pyridine rings is 1. The molecular formula is C28H27F2N3O3. The van der Waals surface area contributed by atoms with Crippen LogP contribution >= 0.6 is 0 Å². The van der Waals surface area contributed by atoms with E-state index < -0.39 is 17.7 Å². The van der Waals surface area contributed by atoms with Crippen LogP contribution in [0.5, 0.6) is 5.75 Å². The van der Waals surface area contributed by atoms with Crippen molar-refractivity contribution in [3.8, 4) is 16.9 Å². The van der Waals surface area contributed by atoms with Gasteiger partial charge in [-0.1, -0.05) is 25.1 Å². The van der Waals surface area contributed by atoms with E-state index in [4.69, 9.17) is 4.74 Å². The number of Topliss-reactive ketones (excluding diaryl/α,β-unsaturated/α-hetero) is 1. The van der Waals surface area contributed by atoms with Crippen LogP contribution in [0.3, 0.4) is 0 Å². The van der Waals surface area contributed by atoms with E-state index in [1.165, 1.54) is 30.1 Å². The van der Waals surface area contributed by atoms with Crippen LogP contribution in [0.15, 0.2) is 65.9 Å². The molecule has 0 aliphatic carbocycles. The Bertz CT molecular complexity index is 1350. The summed E-state index contributed by atoms with van der Waals surface area (Å²) in [4.78, 5) is 30.7. The molecule has 6 nitrogen and oxygen atoms in total. The molecule has 8 heteroatoms. The Hall–Kier alpha value is -3.94. The number of nitrogens with zero attached hydrogens (tertiary/aromatic N) is 3. The highest BCUT2D eigenvalue weighted by atomic mass is 19.3. The van der Waals surface area contributed by atoms with Crippen LogP contribution in [0.2, 0.25) is 0 Å². The number of benzene rings is 2. The van der Waals surface area contributed by atoms with Gasteiger partial charge in [-0.2, -0.15) is 10.1 Å². The van der Waals surface area contributed by atoms with E-state index in [9.17, 15) is 18.4 Å². The van der Waals surface area contributed by atoms with E-state index >= 15 is 0 Å². The Morgan fingerprint density at radius 3 is 2.58 bits per heavy atom. The Balaban J connectivity index is 1.59. The number of carbonyl (C=O) groups is 2. The van der Waals surface area contributed by atoms with Gasteiger partial charge >= 0.3 is 0 Å². The summed E-state index contributed by atoms with van der Waals surface area (Å²) >= 11 is 0.